The minimum Gasteiger partial charge on any atom is -0.344 e. The SMILES string of the molecule is CC(ON)c1c(Br)c2ccccc2n1C. The second kappa shape index (κ2) is 3.96. The van der Waals surface area contributed by atoms with Crippen molar-refractivity contribution in [3.8, 4) is 0 Å². The number of fused-ring (bicyclic) bond motifs is 1. The van der Waals surface area contributed by atoms with E-state index in [1.165, 1.54) is 10.9 Å². The van der Waals surface area contributed by atoms with Crippen molar-refractivity contribution in [2.24, 2.45) is 12.9 Å². The highest BCUT2D eigenvalue weighted by molar-refractivity contribution is 9.10. The second-order valence-electron chi connectivity index (χ2n) is 3.55. The van der Waals surface area contributed by atoms with Crippen molar-refractivity contribution in [2.75, 3.05) is 0 Å². The first kappa shape index (κ1) is 10.7. The molecule has 15 heavy (non-hydrogen) atoms. The molecule has 2 N–H and O–H groups in total. The van der Waals surface area contributed by atoms with Gasteiger partial charge in [-0.2, -0.15) is 0 Å². The third kappa shape index (κ3) is 1.58. The zero-order chi connectivity index (χ0) is 11.0. The molecule has 1 aromatic carbocycles. The Balaban J connectivity index is 2.75. The van der Waals surface area contributed by atoms with Crippen LogP contribution in [-0.4, -0.2) is 4.57 Å². The van der Waals surface area contributed by atoms with Crippen LogP contribution < -0.4 is 5.90 Å². The fraction of sp³-hybridized carbons (Fsp3) is 0.273. The van der Waals surface area contributed by atoms with Crippen molar-refractivity contribution < 1.29 is 4.84 Å². The van der Waals surface area contributed by atoms with Gasteiger partial charge in [0.05, 0.1) is 5.69 Å². The molecule has 0 saturated heterocycles. The van der Waals surface area contributed by atoms with Gasteiger partial charge in [-0.3, -0.25) is 4.84 Å². The van der Waals surface area contributed by atoms with Crippen LogP contribution in [0, 0.1) is 0 Å². The van der Waals surface area contributed by atoms with E-state index in [9.17, 15) is 0 Å². The maximum atomic E-state index is 5.23. The maximum absolute atomic E-state index is 5.23. The lowest BCUT2D eigenvalue weighted by Gasteiger charge is -2.11. The average molecular weight is 269 g/mol. The molecule has 0 saturated carbocycles. The van der Waals surface area contributed by atoms with Crippen molar-refractivity contribution in [2.45, 2.75) is 13.0 Å². The number of halogens is 1. The molecule has 2 aromatic rings. The van der Waals surface area contributed by atoms with E-state index in [2.05, 4.69) is 32.6 Å². The summed E-state index contributed by atoms with van der Waals surface area (Å²) in [4.78, 5) is 4.88. The summed E-state index contributed by atoms with van der Waals surface area (Å²) < 4.78 is 3.15. The van der Waals surface area contributed by atoms with Gasteiger partial charge in [0.2, 0.25) is 0 Å². The number of aromatic nitrogens is 1. The molecule has 4 heteroatoms. The number of aryl methyl sites for hydroxylation is 1. The van der Waals surface area contributed by atoms with E-state index in [1.54, 1.807) is 0 Å². The molecule has 3 nitrogen and oxygen atoms in total. The van der Waals surface area contributed by atoms with E-state index >= 15 is 0 Å². The second-order valence-corrected chi connectivity index (χ2v) is 4.35. The van der Waals surface area contributed by atoms with Gasteiger partial charge in [-0.05, 0) is 28.9 Å². The normalized spacial score (nSPS) is 13.3. The quantitative estimate of drug-likeness (QED) is 0.851. The molecule has 0 fully saturated rings. The van der Waals surface area contributed by atoms with Gasteiger partial charge in [0.25, 0.3) is 0 Å². The van der Waals surface area contributed by atoms with Gasteiger partial charge in [0.1, 0.15) is 6.10 Å². The smallest absolute Gasteiger partial charge is 0.117 e. The lowest BCUT2D eigenvalue weighted by Crippen LogP contribution is -2.09. The van der Waals surface area contributed by atoms with Crippen molar-refractivity contribution in [3.63, 3.8) is 0 Å². The lowest BCUT2D eigenvalue weighted by molar-refractivity contribution is 0.0612. The summed E-state index contributed by atoms with van der Waals surface area (Å²) in [5.74, 6) is 5.23. The van der Waals surface area contributed by atoms with Gasteiger partial charge >= 0.3 is 0 Å². The molecular formula is C11H13BrN2O. The molecule has 80 valence electrons. The van der Waals surface area contributed by atoms with E-state index in [1.807, 2.05) is 26.1 Å². The fourth-order valence-electron chi connectivity index (χ4n) is 1.88. The van der Waals surface area contributed by atoms with Crippen LogP contribution in [0.25, 0.3) is 10.9 Å². The third-order valence-corrected chi connectivity index (χ3v) is 3.51. The van der Waals surface area contributed by atoms with Crippen LogP contribution in [-0.2, 0) is 11.9 Å². The number of benzene rings is 1. The van der Waals surface area contributed by atoms with Gasteiger partial charge in [-0.1, -0.05) is 18.2 Å². The molecule has 0 amide bonds. The van der Waals surface area contributed by atoms with E-state index in [4.69, 9.17) is 10.7 Å². The summed E-state index contributed by atoms with van der Waals surface area (Å²) >= 11 is 3.59. The van der Waals surface area contributed by atoms with E-state index in [-0.39, 0.29) is 6.10 Å². The van der Waals surface area contributed by atoms with Gasteiger partial charge in [0.15, 0.2) is 0 Å². The molecule has 0 spiro atoms. The predicted octanol–water partition coefficient (Wildman–Crippen LogP) is 2.89. The molecule has 1 unspecified atom stereocenters. The van der Waals surface area contributed by atoms with Crippen LogP contribution in [0.4, 0.5) is 0 Å². The molecule has 0 aliphatic carbocycles. The Morgan fingerprint density at radius 2 is 2.07 bits per heavy atom. The summed E-state index contributed by atoms with van der Waals surface area (Å²) in [6.45, 7) is 1.93. The topological polar surface area (TPSA) is 40.2 Å². The van der Waals surface area contributed by atoms with Crippen LogP contribution in [0.15, 0.2) is 28.7 Å². The zero-order valence-corrected chi connectivity index (χ0v) is 10.3. The molecular weight excluding hydrogens is 256 g/mol. The number of hydrogen-bond donors (Lipinski definition) is 1. The highest BCUT2D eigenvalue weighted by Gasteiger charge is 2.17. The van der Waals surface area contributed by atoms with Gasteiger partial charge in [-0.25, -0.2) is 5.90 Å². The Kier molecular flexibility index (Phi) is 2.82. The molecule has 2 rings (SSSR count). The fourth-order valence-corrected chi connectivity index (χ4v) is 2.81. The number of rotatable bonds is 2. The number of nitrogens with two attached hydrogens (primary N) is 1. The Bertz CT molecular complexity index is 454. The average Bonchev–Trinajstić information content (AvgIpc) is 2.52. The monoisotopic (exact) mass is 268 g/mol. The zero-order valence-electron chi connectivity index (χ0n) is 8.70. The van der Waals surface area contributed by atoms with Gasteiger partial charge in [0, 0.05) is 22.4 Å². The molecule has 1 heterocycles. The van der Waals surface area contributed by atoms with Gasteiger partial charge in [-0.15, -0.1) is 0 Å². The Morgan fingerprint density at radius 3 is 2.67 bits per heavy atom. The summed E-state index contributed by atoms with van der Waals surface area (Å²) in [7, 11) is 2.01. The van der Waals surface area contributed by atoms with Crippen LogP contribution in [0.2, 0.25) is 0 Å². The van der Waals surface area contributed by atoms with E-state index < -0.39 is 0 Å². The van der Waals surface area contributed by atoms with Gasteiger partial charge < -0.3 is 4.57 Å². The molecule has 0 aliphatic rings. The first-order valence-corrected chi connectivity index (χ1v) is 5.54. The van der Waals surface area contributed by atoms with Crippen LogP contribution in [0.1, 0.15) is 18.7 Å². The van der Waals surface area contributed by atoms with Crippen LogP contribution in [0.3, 0.4) is 0 Å². The predicted molar refractivity (Wildman–Crippen MR) is 64.3 cm³/mol. The van der Waals surface area contributed by atoms with Crippen molar-refractivity contribution >= 4 is 26.8 Å². The van der Waals surface area contributed by atoms with Crippen LogP contribution in [0.5, 0.6) is 0 Å². The van der Waals surface area contributed by atoms with Crippen molar-refractivity contribution in [1.82, 2.24) is 4.57 Å². The molecule has 1 aromatic heterocycles. The highest BCUT2D eigenvalue weighted by atomic mass is 79.9. The van der Waals surface area contributed by atoms with Crippen molar-refractivity contribution in [3.05, 3.63) is 34.4 Å². The summed E-state index contributed by atoms with van der Waals surface area (Å²) in [5.41, 5.74) is 2.22. The Hall–Kier alpha value is -0.840. The number of hydrogen-bond acceptors (Lipinski definition) is 2. The first-order chi connectivity index (χ1) is 7.16. The van der Waals surface area contributed by atoms with E-state index in [0.29, 0.717) is 0 Å². The maximum Gasteiger partial charge on any atom is 0.117 e. The molecule has 0 bridgehead atoms. The standard InChI is InChI=1S/C11H13BrN2O/c1-7(15-13)11-10(12)8-5-3-4-6-9(8)14(11)2/h3-7H,13H2,1-2H3. The number of para-hydroxylation sites is 1. The molecule has 1 atom stereocenters. The highest BCUT2D eigenvalue weighted by Crippen LogP contribution is 2.34. The minimum absolute atomic E-state index is 0.128. The summed E-state index contributed by atoms with van der Waals surface area (Å²) in [6, 6.07) is 8.19. The summed E-state index contributed by atoms with van der Waals surface area (Å²) in [6.07, 6.45) is -0.128. The van der Waals surface area contributed by atoms with Crippen molar-refractivity contribution in [1.29, 1.82) is 0 Å². The molecule has 0 radical (unpaired) electrons. The Morgan fingerprint density at radius 1 is 1.40 bits per heavy atom. The minimum atomic E-state index is -0.128. The number of nitrogens with zero attached hydrogens (tertiary/aromatic N) is 1. The summed E-state index contributed by atoms with van der Waals surface area (Å²) in [5, 5.41) is 1.18. The third-order valence-electron chi connectivity index (χ3n) is 2.68. The largest absolute Gasteiger partial charge is 0.344 e. The van der Waals surface area contributed by atoms with Crippen LogP contribution >= 0.6 is 15.9 Å². The first-order valence-electron chi connectivity index (χ1n) is 4.75. The van der Waals surface area contributed by atoms with E-state index in [0.717, 1.165) is 10.2 Å². The molecule has 0 aliphatic heterocycles. The lowest BCUT2D eigenvalue weighted by atomic mass is 10.2. The Labute approximate surface area is 96.9 Å².